The molecular weight excluding hydrogens is 318 g/mol. The Hall–Kier alpha value is -1.60. The number of amides is 1. The molecule has 0 spiro atoms. The number of ether oxygens (including phenoxy) is 1. The van der Waals surface area contributed by atoms with Crippen molar-refractivity contribution in [2.45, 2.75) is 12.5 Å². The van der Waals surface area contributed by atoms with Gasteiger partial charge < -0.3 is 20.3 Å². The number of rotatable bonds is 6. The maximum absolute atomic E-state index is 12.0. The van der Waals surface area contributed by atoms with Crippen molar-refractivity contribution in [3.8, 4) is 5.75 Å². The van der Waals surface area contributed by atoms with Crippen LogP contribution in [0.25, 0.3) is 0 Å². The lowest BCUT2D eigenvalue weighted by molar-refractivity contribution is -0.139. The SMILES string of the molecule is COc1ccc(Br)c(C(=O)NC(CCO)C(=O)O)c1. The van der Waals surface area contributed by atoms with Gasteiger partial charge in [-0.1, -0.05) is 0 Å². The van der Waals surface area contributed by atoms with E-state index in [0.29, 0.717) is 10.2 Å². The molecule has 1 atom stereocenters. The fourth-order valence-corrected chi connectivity index (χ4v) is 1.85. The number of carboxylic acids is 1. The van der Waals surface area contributed by atoms with Crippen LogP contribution in [-0.4, -0.2) is 41.8 Å². The van der Waals surface area contributed by atoms with Gasteiger partial charge in [-0.25, -0.2) is 4.79 Å². The van der Waals surface area contributed by atoms with Gasteiger partial charge in [-0.2, -0.15) is 0 Å². The number of carboxylic acid groups (broad SMARTS) is 1. The second-order valence-electron chi connectivity index (χ2n) is 3.72. The van der Waals surface area contributed by atoms with Crippen LogP contribution in [0.2, 0.25) is 0 Å². The maximum Gasteiger partial charge on any atom is 0.326 e. The standard InChI is InChI=1S/C12H14BrNO5/c1-19-7-2-3-9(13)8(6-7)11(16)14-10(4-5-15)12(17)18/h2-3,6,10,15H,4-5H2,1H3,(H,14,16)(H,17,18). The van der Waals surface area contributed by atoms with Gasteiger partial charge in [0.05, 0.1) is 12.7 Å². The molecule has 104 valence electrons. The number of carbonyl (C=O) groups is 2. The summed E-state index contributed by atoms with van der Waals surface area (Å²) in [4.78, 5) is 22.9. The van der Waals surface area contributed by atoms with E-state index in [-0.39, 0.29) is 18.6 Å². The summed E-state index contributed by atoms with van der Waals surface area (Å²) in [5.74, 6) is -1.25. The molecule has 0 aliphatic carbocycles. The van der Waals surface area contributed by atoms with Crippen LogP contribution in [0.3, 0.4) is 0 Å². The Morgan fingerprint density at radius 1 is 1.47 bits per heavy atom. The number of nitrogens with one attached hydrogen (secondary N) is 1. The van der Waals surface area contributed by atoms with E-state index < -0.39 is 17.9 Å². The molecule has 0 saturated heterocycles. The molecule has 19 heavy (non-hydrogen) atoms. The topological polar surface area (TPSA) is 95.9 Å². The Labute approximate surface area is 118 Å². The molecule has 0 heterocycles. The van der Waals surface area contributed by atoms with Crippen molar-refractivity contribution in [1.29, 1.82) is 0 Å². The molecule has 1 unspecified atom stereocenters. The molecule has 7 heteroatoms. The van der Waals surface area contributed by atoms with Crippen LogP contribution in [0.4, 0.5) is 0 Å². The van der Waals surface area contributed by atoms with Gasteiger partial charge >= 0.3 is 5.97 Å². The quantitative estimate of drug-likeness (QED) is 0.723. The van der Waals surface area contributed by atoms with Crippen LogP contribution in [0.5, 0.6) is 5.75 Å². The average Bonchev–Trinajstić information content (AvgIpc) is 2.38. The van der Waals surface area contributed by atoms with Crippen molar-refractivity contribution in [3.63, 3.8) is 0 Å². The predicted octanol–water partition coefficient (Wildman–Crippen LogP) is 1.02. The Bertz CT molecular complexity index is 477. The number of carbonyl (C=O) groups excluding carboxylic acids is 1. The second kappa shape index (κ2) is 7.10. The minimum absolute atomic E-state index is 0.0529. The Morgan fingerprint density at radius 2 is 2.16 bits per heavy atom. The molecule has 1 aromatic carbocycles. The molecule has 1 amide bonds. The maximum atomic E-state index is 12.0. The first-order valence-electron chi connectivity index (χ1n) is 5.47. The first kappa shape index (κ1) is 15.5. The highest BCUT2D eigenvalue weighted by atomic mass is 79.9. The third-order valence-corrected chi connectivity index (χ3v) is 3.13. The lowest BCUT2D eigenvalue weighted by atomic mass is 10.1. The molecule has 0 aromatic heterocycles. The van der Waals surface area contributed by atoms with Crippen LogP contribution in [0.15, 0.2) is 22.7 Å². The van der Waals surface area contributed by atoms with Crippen molar-refractivity contribution < 1.29 is 24.5 Å². The van der Waals surface area contributed by atoms with Gasteiger partial charge in [0.1, 0.15) is 11.8 Å². The minimum Gasteiger partial charge on any atom is -0.497 e. The summed E-state index contributed by atoms with van der Waals surface area (Å²) in [5, 5.41) is 20.0. The monoisotopic (exact) mass is 331 g/mol. The fourth-order valence-electron chi connectivity index (χ4n) is 1.43. The largest absolute Gasteiger partial charge is 0.497 e. The van der Waals surface area contributed by atoms with Crippen LogP contribution >= 0.6 is 15.9 Å². The number of aliphatic hydroxyl groups excluding tert-OH is 1. The van der Waals surface area contributed by atoms with E-state index in [0.717, 1.165) is 0 Å². The van der Waals surface area contributed by atoms with Crippen molar-refractivity contribution >= 4 is 27.8 Å². The molecule has 1 rings (SSSR count). The summed E-state index contributed by atoms with van der Waals surface area (Å²) in [6.45, 7) is -0.323. The van der Waals surface area contributed by atoms with E-state index in [1.165, 1.54) is 13.2 Å². The number of benzene rings is 1. The Balaban J connectivity index is 2.90. The molecule has 0 saturated carbocycles. The van der Waals surface area contributed by atoms with Gasteiger partial charge in [-0.3, -0.25) is 4.79 Å². The number of hydrogen-bond acceptors (Lipinski definition) is 4. The molecule has 0 fully saturated rings. The third kappa shape index (κ3) is 4.22. The van der Waals surface area contributed by atoms with Gasteiger partial charge in [-0.15, -0.1) is 0 Å². The van der Waals surface area contributed by atoms with E-state index in [9.17, 15) is 9.59 Å². The predicted molar refractivity (Wildman–Crippen MR) is 71.3 cm³/mol. The zero-order valence-electron chi connectivity index (χ0n) is 10.2. The van der Waals surface area contributed by atoms with Crippen LogP contribution in [0.1, 0.15) is 16.8 Å². The van der Waals surface area contributed by atoms with Crippen LogP contribution in [-0.2, 0) is 4.79 Å². The zero-order chi connectivity index (χ0) is 14.4. The lowest BCUT2D eigenvalue weighted by Gasteiger charge is -2.14. The lowest BCUT2D eigenvalue weighted by Crippen LogP contribution is -2.41. The van der Waals surface area contributed by atoms with Crippen LogP contribution in [0, 0.1) is 0 Å². The molecule has 0 aliphatic rings. The number of aliphatic carboxylic acids is 1. The summed E-state index contributed by atoms with van der Waals surface area (Å²) in [5.41, 5.74) is 0.267. The van der Waals surface area contributed by atoms with E-state index in [4.69, 9.17) is 14.9 Å². The number of halogens is 1. The Morgan fingerprint density at radius 3 is 2.68 bits per heavy atom. The molecule has 0 bridgehead atoms. The summed E-state index contributed by atoms with van der Waals surface area (Å²) >= 11 is 3.21. The number of methoxy groups -OCH3 is 1. The van der Waals surface area contributed by atoms with Gasteiger partial charge in [0.25, 0.3) is 5.91 Å². The van der Waals surface area contributed by atoms with E-state index >= 15 is 0 Å². The molecule has 6 nitrogen and oxygen atoms in total. The van der Waals surface area contributed by atoms with Crippen molar-refractivity contribution in [2.75, 3.05) is 13.7 Å². The van der Waals surface area contributed by atoms with Crippen molar-refractivity contribution in [3.05, 3.63) is 28.2 Å². The minimum atomic E-state index is -1.19. The molecule has 0 radical (unpaired) electrons. The van der Waals surface area contributed by atoms with Crippen molar-refractivity contribution in [1.82, 2.24) is 5.32 Å². The summed E-state index contributed by atoms with van der Waals surface area (Å²) in [7, 11) is 1.47. The van der Waals surface area contributed by atoms with Gasteiger partial charge in [0.15, 0.2) is 0 Å². The first-order chi connectivity index (χ1) is 8.99. The van der Waals surface area contributed by atoms with Crippen molar-refractivity contribution in [2.24, 2.45) is 0 Å². The normalized spacial score (nSPS) is 11.7. The van der Waals surface area contributed by atoms with E-state index in [1.54, 1.807) is 12.1 Å². The van der Waals surface area contributed by atoms with Crippen LogP contribution < -0.4 is 10.1 Å². The summed E-state index contributed by atoms with van der Waals surface area (Å²) in [6.07, 6.45) is -0.0529. The highest BCUT2D eigenvalue weighted by Gasteiger charge is 2.21. The molecule has 0 aliphatic heterocycles. The highest BCUT2D eigenvalue weighted by Crippen LogP contribution is 2.22. The molecule has 3 N–H and O–H groups in total. The fraction of sp³-hybridized carbons (Fsp3) is 0.333. The smallest absolute Gasteiger partial charge is 0.326 e. The number of hydrogen-bond donors (Lipinski definition) is 3. The average molecular weight is 332 g/mol. The molecule has 1 aromatic rings. The first-order valence-corrected chi connectivity index (χ1v) is 6.27. The summed E-state index contributed by atoms with van der Waals surface area (Å²) < 4.78 is 5.53. The van der Waals surface area contributed by atoms with Gasteiger partial charge in [0, 0.05) is 17.5 Å². The second-order valence-corrected chi connectivity index (χ2v) is 4.58. The van der Waals surface area contributed by atoms with Gasteiger partial charge in [0.2, 0.25) is 0 Å². The highest BCUT2D eigenvalue weighted by molar-refractivity contribution is 9.10. The Kier molecular flexibility index (Phi) is 5.78. The van der Waals surface area contributed by atoms with Gasteiger partial charge in [-0.05, 0) is 34.1 Å². The molecular formula is C12H14BrNO5. The third-order valence-electron chi connectivity index (χ3n) is 2.44. The summed E-state index contributed by atoms with van der Waals surface area (Å²) in [6, 6.07) is 3.67. The number of aliphatic hydroxyl groups is 1. The van der Waals surface area contributed by atoms with E-state index in [2.05, 4.69) is 21.2 Å². The zero-order valence-corrected chi connectivity index (χ0v) is 11.8. The van der Waals surface area contributed by atoms with E-state index in [1.807, 2.05) is 0 Å².